The fraction of sp³-hybridized carbons (Fsp3) is 0.533. The number of anilines is 2. The molecule has 0 spiro atoms. The molecule has 4 heteroatoms. The van der Waals surface area contributed by atoms with Crippen molar-refractivity contribution in [2.45, 2.75) is 26.2 Å². The summed E-state index contributed by atoms with van der Waals surface area (Å²) in [5.41, 5.74) is 9.00. The maximum atomic E-state index is 11.6. The molecule has 1 aromatic rings. The van der Waals surface area contributed by atoms with E-state index < -0.39 is 5.41 Å². The Kier molecular flexibility index (Phi) is 2.88. The van der Waals surface area contributed by atoms with Crippen molar-refractivity contribution in [2.75, 3.05) is 29.9 Å². The van der Waals surface area contributed by atoms with Gasteiger partial charge in [0.25, 0.3) is 0 Å². The van der Waals surface area contributed by atoms with Crippen molar-refractivity contribution < 1.29 is 4.79 Å². The third-order valence-electron chi connectivity index (χ3n) is 4.46. The van der Waals surface area contributed by atoms with Gasteiger partial charge in [-0.1, -0.05) is 12.1 Å². The summed E-state index contributed by atoms with van der Waals surface area (Å²) in [4.78, 5) is 13.9. The number of fused-ring (bicyclic) bond motifs is 1. The van der Waals surface area contributed by atoms with Crippen LogP contribution in [0.2, 0.25) is 0 Å². The second-order valence-corrected chi connectivity index (χ2v) is 5.94. The lowest BCUT2D eigenvalue weighted by Gasteiger charge is -2.28. The van der Waals surface area contributed by atoms with Crippen LogP contribution >= 0.6 is 0 Å². The number of hydrogen-bond donors (Lipinski definition) is 2. The fourth-order valence-corrected chi connectivity index (χ4v) is 3.12. The predicted molar refractivity (Wildman–Crippen MR) is 77.4 cm³/mol. The number of carbonyl (C=O) groups excluding carboxylic acids is 1. The lowest BCUT2D eigenvalue weighted by molar-refractivity contribution is -0.125. The average molecular weight is 259 g/mol. The summed E-state index contributed by atoms with van der Waals surface area (Å²) < 4.78 is 0. The van der Waals surface area contributed by atoms with E-state index in [0.29, 0.717) is 0 Å². The van der Waals surface area contributed by atoms with E-state index in [2.05, 4.69) is 28.4 Å². The van der Waals surface area contributed by atoms with Gasteiger partial charge in [0.2, 0.25) is 5.91 Å². The Balaban J connectivity index is 1.90. The van der Waals surface area contributed by atoms with E-state index in [9.17, 15) is 4.79 Å². The Labute approximate surface area is 114 Å². The van der Waals surface area contributed by atoms with Crippen LogP contribution in [0.15, 0.2) is 18.2 Å². The molecule has 1 saturated heterocycles. The Morgan fingerprint density at radius 1 is 1.47 bits per heavy atom. The summed E-state index contributed by atoms with van der Waals surface area (Å²) in [6.45, 7) is 4.63. The third-order valence-corrected chi connectivity index (χ3v) is 4.46. The Morgan fingerprint density at radius 2 is 2.32 bits per heavy atom. The normalized spacial score (nSPS) is 25.8. The van der Waals surface area contributed by atoms with Gasteiger partial charge in [-0.2, -0.15) is 0 Å². The maximum Gasteiger partial charge on any atom is 0.225 e. The highest BCUT2D eigenvalue weighted by molar-refractivity contribution is 5.83. The molecule has 1 atom stereocenters. The van der Waals surface area contributed by atoms with Crippen LogP contribution < -0.4 is 16.0 Å². The second kappa shape index (κ2) is 4.44. The molecule has 3 rings (SSSR count). The summed E-state index contributed by atoms with van der Waals surface area (Å²) in [5.74, 6) is -0.187. The quantitative estimate of drug-likeness (QED) is 0.850. The number of amides is 1. The molecule has 0 saturated carbocycles. The van der Waals surface area contributed by atoms with Crippen LogP contribution in [0.25, 0.3) is 0 Å². The van der Waals surface area contributed by atoms with E-state index in [1.165, 1.54) is 23.4 Å². The maximum absolute atomic E-state index is 11.6. The molecule has 102 valence electrons. The van der Waals surface area contributed by atoms with Crippen LogP contribution in [0.5, 0.6) is 0 Å². The highest BCUT2D eigenvalue weighted by atomic mass is 16.1. The summed E-state index contributed by atoms with van der Waals surface area (Å²) in [6.07, 6.45) is 3.17. The van der Waals surface area contributed by atoms with Crippen molar-refractivity contribution in [3.8, 4) is 0 Å². The molecule has 2 heterocycles. The highest BCUT2D eigenvalue weighted by Crippen LogP contribution is 2.39. The molecule has 3 N–H and O–H groups in total. The van der Waals surface area contributed by atoms with Gasteiger partial charge in [-0.25, -0.2) is 0 Å². The summed E-state index contributed by atoms with van der Waals surface area (Å²) >= 11 is 0. The van der Waals surface area contributed by atoms with E-state index in [0.717, 1.165) is 32.5 Å². The van der Waals surface area contributed by atoms with E-state index in [-0.39, 0.29) is 5.91 Å². The minimum atomic E-state index is -0.391. The van der Waals surface area contributed by atoms with E-state index in [1.54, 1.807) is 0 Å². The monoisotopic (exact) mass is 259 g/mol. The standard InChI is InChI=1S/C15H21N3O/c1-15(14(16)19)7-9-18(10-15)12-6-2-4-11-5-3-8-17-13(11)12/h2,4,6,17H,3,5,7-10H2,1H3,(H2,16,19). The Hall–Kier alpha value is -1.71. The van der Waals surface area contributed by atoms with Gasteiger partial charge in [-0.15, -0.1) is 0 Å². The van der Waals surface area contributed by atoms with E-state index in [1.807, 2.05) is 6.92 Å². The van der Waals surface area contributed by atoms with Gasteiger partial charge in [-0.05, 0) is 37.8 Å². The van der Waals surface area contributed by atoms with E-state index in [4.69, 9.17) is 5.73 Å². The number of carbonyl (C=O) groups is 1. The van der Waals surface area contributed by atoms with Gasteiger partial charge >= 0.3 is 0 Å². The number of benzene rings is 1. The molecule has 0 radical (unpaired) electrons. The number of rotatable bonds is 2. The molecule has 1 amide bonds. The van der Waals surface area contributed by atoms with Gasteiger partial charge in [0.1, 0.15) is 0 Å². The van der Waals surface area contributed by atoms with Gasteiger partial charge in [0.15, 0.2) is 0 Å². The van der Waals surface area contributed by atoms with Crippen molar-refractivity contribution >= 4 is 17.3 Å². The number of nitrogens with zero attached hydrogens (tertiary/aromatic N) is 1. The first-order valence-electron chi connectivity index (χ1n) is 7.01. The van der Waals surface area contributed by atoms with Crippen LogP contribution in [0, 0.1) is 5.41 Å². The summed E-state index contributed by atoms with van der Waals surface area (Å²) in [5, 5.41) is 3.51. The number of nitrogens with two attached hydrogens (primary N) is 1. The predicted octanol–water partition coefficient (Wildman–Crippen LogP) is 1.75. The van der Waals surface area contributed by atoms with Crippen LogP contribution in [-0.4, -0.2) is 25.5 Å². The van der Waals surface area contributed by atoms with Gasteiger partial charge < -0.3 is 16.0 Å². The Morgan fingerprint density at radius 3 is 3.05 bits per heavy atom. The van der Waals surface area contributed by atoms with Crippen molar-refractivity contribution in [2.24, 2.45) is 11.1 Å². The molecule has 4 nitrogen and oxygen atoms in total. The number of hydrogen-bond acceptors (Lipinski definition) is 3. The average Bonchev–Trinajstić information content (AvgIpc) is 2.82. The van der Waals surface area contributed by atoms with Crippen LogP contribution in [0.4, 0.5) is 11.4 Å². The molecule has 0 bridgehead atoms. The molecule has 1 fully saturated rings. The summed E-state index contributed by atoms with van der Waals surface area (Å²) in [7, 11) is 0. The zero-order valence-corrected chi connectivity index (χ0v) is 11.4. The first-order chi connectivity index (χ1) is 9.10. The molecular weight excluding hydrogens is 238 g/mol. The summed E-state index contributed by atoms with van der Waals surface area (Å²) in [6, 6.07) is 6.44. The first-order valence-corrected chi connectivity index (χ1v) is 7.01. The number of nitrogens with one attached hydrogen (secondary N) is 1. The fourth-order valence-electron chi connectivity index (χ4n) is 3.12. The first kappa shape index (κ1) is 12.3. The lowest BCUT2D eigenvalue weighted by Crippen LogP contribution is -2.37. The molecule has 0 aromatic heterocycles. The lowest BCUT2D eigenvalue weighted by atomic mass is 9.89. The second-order valence-electron chi connectivity index (χ2n) is 5.94. The van der Waals surface area contributed by atoms with Gasteiger partial charge in [-0.3, -0.25) is 4.79 Å². The molecule has 1 unspecified atom stereocenters. The van der Waals surface area contributed by atoms with Gasteiger partial charge in [0, 0.05) is 19.6 Å². The van der Waals surface area contributed by atoms with Crippen LogP contribution in [0.3, 0.4) is 0 Å². The van der Waals surface area contributed by atoms with Crippen molar-refractivity contribution in [1.29, 1.82) is 0 Å². The topological polar surface area (TPSA) is 58.4 Å². The van der Waals surface area contributed by atoms with Crippen molar-refractivity contribution in [3.05, 3.63) is 23.8 Å². The van der Waals surface area contributed by atoms with Crippen LogP contribution in [0.1, 0.15) is 25.3 Å². The molecule has 1 aromatic carbocycles. The largest absolute Gasteiger partial charge is 0.383 e. The zero-order valence-electron chi connectivity index (χ0n) is 11.4. The number of aryl methyl sites for hydroxylation is 1. The van der Waals surface area contributed by atoms with Crippen LogP contribution in [-0.2, 0) is 11.2 Å². The molecule has 2 aliphatic rings. The molecular formula is C15H21N3O. The highest BCUT2D eigenvalue weighted by Gasteiger charge is 2.39. The molecule has 2 aliphatic heterocycles. The zero-order chi connectivity index (χ0) is 13.5. The minimum absolute atomic E-state index is 0.187. The number of para-hydroxylation sites is 1. The van der Waals surface area contributed by atoms with E-state index >= 15 is 0 Å². The molecule has 0 aliphatic carbocycles. The Bertz CT molecular complexity index is 514. The smallest absolute Gasteiger partial charge is 0.225 e. The third kappa shape index (κ3) is 2.05. The molecule has 19 heavy (non-hydrogen) atoms. The minimum Gasteiger partial charge on any atom is -0.383 e. The van der Waals surface area contributed by atoms with Crippen molar-refractivity contribution in [1.82, 2.24) is 0 Å². The van der Waals surface area contributed by atoms with Gasteiger partial charge in [0.05, 0.1) is 16.8 Å². The van der Waals surface area contributed by atoms with Crippen molar-refractivity contribution in [3.63, 3.8) is 0 Å². The number of primary amides is 1. The SMILES string of the molecule is CC1(C(N)=O)CCN(c2cccc3c2NCCC3)C1.